The van der Waals surface area contributed by atoms with Gasteiger partial charge < -0.3 is 5.11 Å². The van der Waals surface area contributed by atoms with E-state index in [1.165, 1.54) is 11.3 Å². The number of aryl methyl sites for hydroxylation is 2. The number of rotatable bonds is 5. The summed E-state index contributed by atoms with van der Waals surface area (Å²) in [5.41, 5.74) is 1.45. The number of hydrogen-bond acceptors (Lipinski definition) is 4. The van der Waals surface area contributed by atoms with Crippen molar-refractivity contribution < 1.29 is 9.90 Å². The fraction of sp³-hybridized carbons (Fsp3) is 0.278. The molecule has 2 heterocycles. The first kappa shape index (κ1) is 17.6. The molecule has 0 saturated carbocycles. The molecule has 0 atom stereocenters. The van der Waals surface area contributed by atoms with Crippen LogP contribution in [0, 0.1) is 13.8 Å². The quantitative estimate of drug-likeness (QED) is 0.722. The van der Waals surface area contributed by atoms with Gasteiger partial charge in [0.2, 0.25) is 0 Å². The topological polar surface area (TPSA) is 72.2 Å². The van der Waals surface area contributed by atoms with Crippen LogP contribution < -0.4 is 5.56 Å². The van der Waals surface area contributed by atoms with E-state index in [0.717, 1.165) is 10.4 Å². The van der Waals surface area contributed by atoms with Gasteiger partial charge in [-0.1, -0.05) is 23.7 Å². The van der Waals surface area contributed by atoms with Crippen molar-refractivity contribution in [2.45, 2.75) is 33.2 Å². The average Bonchev–Trinajstić information content (AvgIpc) is 2.84. The van der Waals surface area contributed by atoms with E-state index < -0.39 is 5.97 Å². The third-order valence-corrected chi connectivity index (χ3v) is 5.61. The molecule has 0 amide bonds. The summed E-state index contributed by atoms with van der Waals surface area (Å²) in [6.07, 6.45) is 0.343. The van der Waals surface area contributed by atoms with Gasteiger partial charge in [0.25, 0.3) is 5.56 Å². The standard InChI is InChI=1S/C18H17ClN2O3S/c1-10-11(2)25-17-15(10)18(24)21(9-5-8-14(22)23)16(20-17)12-6-3-4-7-13(12)19/h3-4,6-7H,5,8-9H2,1-2H3,(H,22,23). The second-order valence-corrected chi connectivity index (χ2v) is 7.44. The zero-order valence-corrected chi connectivity index (χ0v) is 15.4. The summed E-state index contributed by atoms with van der Waals surface area (Å²) >= 11 is 7.79. The molecule has 130 valence electrons. The van der Waals surface area contributed by atoms with E-state index in [0.29, 0.717) is 33.0 Å². The van der Waals surface area contributed by atoms with Crippen LogP contribution in [-0.2, 0) is 11.3 Å². The molecule has 7 heteroatoms. The van der Waals surface area contributed by atoms with Crippen LogP contribution in [-0.4, -0.2) is 20.6 Å². The van der Waals surface area contributed by atoms with E-state index in [4.69, 9.17) is 21.7 Å². The fourth-order valence-electron chi connectivity index (χ4n) is 2.77. The predicted molar refractivity (Wildman–Crippen MR) is 101 cm³/mol. The van der Waals surface area contributed by atoms with E-state index >= 15 is 0 Å². The molecule has 1 aromatic carbocycles. The summed E-state index contributed by atoms with van der Waals surface area (Å²) in [5, 5.41) is 10.00. The predicted octanol–water partition coefficient (Wildman–Crippen LogP) is 4.26. The highest BCUT2D eigenvalue weighted by molar-refractivity contribution is 7.18. The highest BCUT2D eigenvalue weighted by atomic mass is 35.5. The molecule has 0 radical (unpaired) electrons. The normalized spacial score (nSPS) is 11.2. The summed E-state index contributed by atoms with van der Waals surface area (Å²) in [6.45, 7) is 4.15. The van der Waals surface area contributed by atoms with Crippen molar-refractivity contribution in [1.82, 2.24) is 9.55 Å². The zero-order valence-electron chi connectivity index (χ0n) is 13.9. The lowest BCUT2D eigenvalue weighted by molar-refractivity contribution is -0.137. The van der Waals surface area contributed by atoms with Gasteiger partial charge in [-0.05, 0) is 38.0 Å². The van der Waals surface area contributed by atoms with Gasteiger partial charge in [-0.2, -0.15) is 0 Å². The molecule has 3 rings (SSSR count). The van der Waals surface area contributed by atoms with Crippen LogP contribution in [0.3, 0.4) is 0 Å². The number of carboxylic acids is 1. The van der Waals surface area contributed by atoms with Crippen LogP contribution in [0.25, 0.3) is 21.6 Å². The maximum absolute atomic E-state index is 13.1. The molecule has 0 saturated heterocycles. The third kappa shape index (κ3) is 3.32. The highest BCUT2D eigenvalue weighted by Gasteiger charge is 2.18. The monoisotopic (exact) mass is 376 g/mol. The summed E-state index contributed by atoms with van der Waals surface area (Å²) in [7, 11) is 0. The molecule has 5 nitrogen and oxygen atoms in total. The molecule has 0 spiro atoms. The Morgan fingerprint density at radius 1 is 1.32 bits per heavy atom. The highest BCUT2D eigenvalue weighted by Crippen LogP contribution is 2.31. The van der Waals surface area contributed by atoms with Crippen molar-refractivity contribution in [2.24, 2.45) is 0 Å². The maximum atomic E-state index is 13.1. The maximum Gasteiger partial charge on any atom is 0.303 e. The third-order valence-electron chi connectivity index (χ3n) is 4.18. The largest absolute Gasteiger partial charge is 0.481 e. The first-order chi connectivity index (χ1) is 11.9. The molecule has 0 fully saturated rings. The molecular formula is C18H17ClN2O3S. The molecule has 0 aliphatic carbocycles. The van der Waals surface area contributed by atoms with Gasteiger partial charge >= 0.3 is 5.97 Å². The molecule has 0 unspecified atom stereocenters. The second-order valence-electron chi connectivity index (χ2n) is 5.83. The Morgan fingerprint density at radius 2 is 2.04 bits per heavy atom. The number of carboxylic acid groups (broad SMARTS) is 1. The van der Waals surface area contributed by atoms with Gasteiger partial charge in [-0.25, -0.2) is 4.98 Å². The fourth-order valence-corrected chi connectivity index (χ4v) is 4.01. The van der Waals surface area contributed by atoms with Crippen LogP contribution in [0.4, 0.5) is 0 Å². The van der Waals surface area contributed by atoms with Crippen LogP contribution in [0.2, 0.25) is 5.02 Å². The number of hydrogen-bond donors (Lipinski definition) is 1. The van der Waals surface area contributed by atoms with Crippen molar-refractivity contribution in [3.8, 4) is 11.4 Å². The van der Waals surface area contributed by atoms with Crippen LogP contribution in [0.15, 0.2) is 29.1 Å². The van der Waals surface area contributed by atoms with Gasteiger partial charge in [0, 0.05) is 23.4 Å². The number of halogens is 1. The Labute approximate surface area is 153 Å². The molecule has 1 N–H and O–H groups in total. The summed E-state index contributed by atoms with van der Waals surface area (Å²) in [5.74, 6) is -0.404. The Hall–Kier alpha value is -2.18. The van der Waals surface area contributed by atoms with Gasteiger partial charge in [0.05, 0.1) is 10.4 Å². The second kappa shape index (κ2) is 6.98. The molecular weight excluding hydrogens is 360 g/mol. The number of nitrogens with zero attached hydrogens (tertiary/aromatic N) is 2. The molecule has 3 aromatic rings. The van der Waals surface area contributed by atoms with Crippen molar-refractivity contribution in [2.75, 3.05) is 0 Å². The van der Waals surface area contributed by atoms with E-state index in [1.54, 1.807) is 10.6 Å². The number of carbonyl (C=O) groups is 1. The number of aliphatic carboxylic acids is 1. The Bertz CT molecular complexity index is 1020. The Balaban J connectivity index is 2.24. The molecule has 2 aromatic heterocycles. The minimum Gasteiger partial charge on any atom is -0.481 e. The van der Waals surface area contributed by atoms with E-state index in [2.05, 4.69) is 0 Å². The first-order valence-electron chi connectivity index (χ1n) is 7.87. The molecule has 0 aliphatic rings. The number of benzene rings is 1. The van der Waals surface area contributed by atoms with Crippen LogP contribution in [0.1, 0.15) is 23.3 Å². The Kier molecular flexibility index (Phi) is 4.92. The molecule has 0 bridgehead atoms. The lowest BCUT2D eigenvalue weighted by atomic mass is 10.1. The lowest BCUT2D eigenvalue weighted by Crippen LogP contribution is -2.24. The van der Waals surface area contributed by atoms with E-state index in [1.807, 2.05) is 32.0 Å². The van der Waals surface area contributed by atoms with Crippen molar-refractivity contribution in [3.05, 3.63) is 50.1 Å². The summed E-state index contributed by atoms with van der Waals surface area (Å²) in [6, 6.07) is 7.22. The van der Waals surface area contributed by atoms with Gasteiger partial charge in [-0.3, -0.25) is 14.2 Å². The van der Waals surface area contributed by atoms with Crippen molar-refractivity contribution in [3.63, 3.8) is 0 Å². The number of fused-ring (bicyclic) bond motifs is 1. The summed E-state index contributed by atoms with van der Waals surface area (Å²) < 4.78 is 1.55. The number of aromatic nitrogens is 2. The lowest BCUT2D eigenvalue weighted by Gasteiger charge is -2.13. The molecule has 25 heavy (non-hydrogen) atoms. The Morgan fingerprint density at radius 3 is 2.72 bits per heavy atom. The smallest absolute Gasteiger partial charge is 0.303 e. The minimum atomic E-state index is -0.885. The average molecular weight is 377 g/mol. The van der Waals surface area contributed by atoms with Gasteiger partial charge in [0.15, 0.2) is 0 Å². The minimum absolute atomic E-state index is 0.00587. The number of thiophene rings is 1. The molecule has 0 aliphatic heterocycles. The van der Waals surface area contributed by atoms with Gasteiger partial charge in [-0.15, -0.1) is 11.3 Å². The van der Waals surface area contributed by atoms with Gasteiger partial charge in [0.1, 0.15) is 10.7 Å². The van der Waals surface area contributed by atoms with E-state index in [9.17, 15) is 9.59 Å². The first-order valence-corrected chi connectivity index (χ1v) is 9.07. The van der Waals surface area contributed by atoms with Crippen LogP contribution in [0.5, 0.6) is 0 Å². The van der Waals surface area contributed by atoms with Crippen LogP contribution >= 0.6 is 22.9 Å². The summed E-state index contributed by atoms with van der Waals surface area (Å²) in [4.78, 5) is 30.3. The SMILES string of the molecule is Cc1sc2nc(-c3ccccc3Cl)n(CCCC(=O)O)c(=O)c2c1C. The van der Waals surface area contributed by atoms with E-state index in [-0.39, 0.29) is 18.5 Å². The zero-order chi connectivity index (χ0) is 18.1. The van der Waals surface area contributed by atoms with Crippen molar-refractivity contribution in [1.29, 1.82) is 0 Å². The van der Waals surface area contributed by atoms with Crippen molar-refractivity contribution >= 4 is 39.1 Å².